The van der Waals surface area contributed by atoms with Crippen molar-refractivity contribution in [2.24, 2.45) is 0 Å². The van der Waals surface area contributed by atoms with Crippen LogP contribution in [0.25, 0.3) is 5.65 Å². The van der Waals surface area contributed by atoms with E-state index in [0.29, 0.717) is 5.56 Å². The van der Waals surface area contributed by atoms with Crippen LogP contribution in [0.15, 0.2) is 47.2 Å². The molecule has 1 saturated heterocycles. The van der Waals surface area contributed by atoms with Crippen LogP contribution in [0.1, 0.15) is 16.8 Å². The molecule has 1 unspecified atom stereocenters. The van der Waals surface area contributed by atoms with Crippen molar-refractivity contribution in [2.45, 2.75) is 12.5 Å². The molecule has 8 heteroatoms. The number of benzene rings is 1. The first-order valence-electron chi connectivity index (χ1n) is 7.68. The number of nitrogens with one attached hydrogen (secondary N) is 1. The van der Waals surface area contributed by atoms with Crippen LogP contribution in [0.4, 0.5) is 5.82 Å². The van der Waals surface area contributed by atoms with Gasteiger partial charge in [-0.3, -0.25) is 4.79 Å². The van der Waals surface area contributed by atoms with Gasteiger partial charge in [0, 0.05) is 23.6 Å². The van der Waals surface area contributed by atoms with Crippen LogP contribution >= 0.6 is 15.9 Å². The molecule has 0 spiro atoms. The lowest BCUT2D eigenvalue weighted by molar-refractivity contribution is 0.0939. The predicted molar refractivity (Wildman–Crippen MR) is 93.0 cm³/mol. The number of halogens is 1. The van der Waals surface area contributed by atoms with E-state index < -0.39 is 0 Å². The molecule has 0 bridgehead atoms. The number of carbonyl (C=O) groups excluding carboxylic acids is 1. The maximum Gasteiger partial charge on any atom is 0.252 e. The quantitative estimate of drug-likeness (QED) is 0.743. The second-order valence-corrected chi connectivity index (χ2v) is 6.56. The first-order chi connectivity index (χ1) is 11.7. The number of carbonyl (C=O) groups is 1. The molecule has 3 heterocycles. The van der Waals surface area contributed by atoms with Crippen molar-refractivity contribution in [1.29, 1.82) is 0 Å². The molecule has 0 saturated carbocycles. The highest BCUT2D eigenvalue weighted by Gasteiger charge is 2.26. The van der Waals surface area contributed by atoms with Gasteiger partial charge >= 0.3 is 0 Å². The van der Waals surface area contributed by atoms with Gasteiger partial charge in [0.1, 0.15) is 12.1 Å². The summed E-state index contributed by atoms with van der Waals surface area (Å²) in [4.78, 5) is 14.6. The molecule has 0 aliphatic carbocycles. The molecule has 24 heavy (non-hydrogen) atoms. The smallest absolute Gasteiger partial charge is 0.252 e. The normalized spacial score (nSPS) is 17.4. The number of anilines is 1. The molecular weight excluding hydrogens is 372 g/mol. The number of fused-ring (bicyclic) bond motifs is 1. The molecule has 0 radical (unpaired) electrons. The van der Waals surface area contributed by atoms with Crippen molar-refractivity contribution in [3.63, 3.8) is 0 Å². The highest BCUT2D eigenvalue weighted by atomic mass is 79.9. The van der Waals surface area contributed by atoms with E-state index in [-0.39, 0.29) is 11.9 Å². The van der Waals surface area contributed by atoms with Gasteiger partial charge in [-0.15, -0.1) is 15.3 Å². The Balaban J connectivity index is 1.44. The minimum absolute atomic E-state index is 0.0588. The van der Waals surface area contributed by atoms with Gasteiger partial charge in [-0.1, -0.05) is 12.1 Å². The fourth-order valence-corrected chi connectivity index (χ4v) is 3.35. The lowest BCUT2D eigenvalue weighted by Crippen LogP contribution is -2.37. The van der Waals surface area contributed by atoms with Crippen LogP contribution < -0.4 is 10.2 Å². The highest BCUT2D eigenvalue weighted by Crippen LogP contribution is 2.20. The minimum atomic E-state index is -0.0588. The van der Waals surface area contributed by atoms with Gasteiger partial charge in [0.05, 0.1) is 5.56 Å². The maximum atomic E-state index is 12.4. The van der Waals surface area contributed by atoms with Crippen LogP contribution in [0.5, 0.6) is 0 Å². The van der Waals surface area contributed by atoms with E-state index in [4.69, 9.17) is 0 Å². The number of hydrogen-bond acceptors (Lipinski definition) is 5. The van der Waals surface area contributed by atoms with E-state index in [2.05, 4.69) is 41.4 Å². The lowest BCUT2D eigenvalue weighted by Gasteiger charge is -2.18. The molecule has 1 fully saturated rings. The van der Waals surface area contributed by atoms with Crippen LogP contribution in [0.3, 0.4) is 0 Å². The summed E-state index contributed by atoms with van der Waals surface area (Å²) in [6.07, 6.45) is 2.47. The summed E-state index contributed by atoms with van der Waals surface area (Å²) in [5.74, 6) is 0.802. The summed E-state index contributed by atoms with van der Waals surface area (Å²) in [5, 5.41) is 15.4. The second kappa shape index (κ2) is 6.20. The lowest BCUT2D eigenvalue weighted by atomic mass is 10.2. The summed E-state index contributed by atoms with van der Waals surface area (Å²) < 4.78 is 2.46. The zero-order chi connectivity index (χ0) is 16.5. The van der Waals surface area contributed by atoms with Gasteiger partial charge in [-0.05, 0) is 46.6 Å². The third kappa shape index (κ3) is 2.84. The van der Waals surface area contributed by atoms with Gasteiger partial charge in [0.25, 0.3) is 5.91 Å². The fraction of sp³-hybridized carbons (Fsp3) is 0.250. The fourth-order valence-electron chi connectivity index (χ4n) is 2.88. The van der Waals surface area contributed by atoms with E-state index in [1.165, 1.54) is 0 Å². The van der Waals surface area contributed by atoms with Crippen LogP contribution in [-0.4, -0.2) is 44.8 Å². The Hall–Kier alpha value is -2.48. The molecule has 4 rings (SSSR count). The van der Waals surface area contributed by atoms with E-state index in [9.17, 15) is 4.79 Å². The molecule has 1 aliphatic heterocycles. The first kappa shape index (κ1) is 15.1. The Bertz CT molecular complexity index is 895. The van der Waals surface area contributed by atoms with Crippen molar-refractivity contribution in [3.8, 4) is 0 Å². The largest absolute Gasteiger partial charge is 0.353 e. The SMILES string of the molecule is O=C(NC1CCN(c2ccc3nncn3n2)C1)c1ccccc1Br. The number of rotatable bonds is 3. The zero-order valence-corrected chi connectivity index (χ0v) is 14.3. The topological polar surface area (TPSA) is 75.4 Å². The van der Waals surface area contributed by atoms with Crippen molar-refractivity contribution < 1.29 is 4.79 Å². The molecule has 1 N–H and O–H groups in total. The predicted octanol–water partition coefficient (Wildman–Crippen LogP) is 1.90. The van der Waals surface area contributed by atoms with E-state index in [0.717, 1.165) is 35.4 Å². The molecule has 1 amide bonds. The average molecular weight is 387 g/mol. The molecule has 3 aromatic rings. The van der Waals surface area contributed by atoms with Crippen molar-refractivity contribution >= 4 is 33.3 Å². The zero-order valence-electron chi connectivity index (χ0n) is 12.8. The Morgan fingerprint density at radius 2 is 2.12 bits per heavy atom. The number of hydrogen-bond donors (Lipinski definition) is 1. The van der Waals surface area contributed by atoms with E-state index in [1.807, 2.05) is 36.4 Å². The van der Waals surface area contributed by atoms with Crippen molar-refractivity contribution in [3.05, 3.63) is 52.8 Å². The van der Waals surface area contributed by atoms with Gasteiger partial charge in [0.2, 0.25) is 0 Å². The minimum Gasteiger partial charge on any atom is -0.353 e. The number of nitrogens with zero attached hydrogens (tertiary/aromatic N) is 5. The van der Waals surface area contributed by atoms with Gasteiger partial charge in [-0.25, -0.2) is 0 Å². The monoisotopic (exact) mass is 386 g/mol. The van der Waals surface area contributed by atoms with Gasteiger partial charge < -0.3 is 10.2 Å². The first-order valence-corrected chi connectivity index (χ1v) is 8.47. The third-order valence-electron chi connectivity index (χ3n) is 4.11. The maximum absolute atomic E-state index is 12.4. The number of aromatic nitrogens is 4. The average Bonchev–Trinajstić information content (AvgIpc) is 3.23. The standard InChI is InChI=1S/C16H15BrN6O/c17-13-4-2-1-3-12(13)16(24)19-11-7-8-22(9-11)15-6-5-14-20-18-10-23(14)21-15/h1-6,10-11H,7-9H2,(H,19,24). The van der Waals surface area contributed by atoms with E-state index >= 15 is 0 Å². The van der Waals surface area contributed by atoms with Crippen LogP contribution in [0.2, 0.25) is 0 Å². The van der Waals surface area contributed by atoms with Crippen molar-refractivity contribution in [2.75, 3.05) is 18.0 Å². The Kier molecular flexibility index (Phi) is 3.89. The van der Waals surface area contributed by atoms with Crippen molar-refractivity contribution in [1.82, 2.24) is 25.1 Å². The summed E-state index contributed by atoms with van der Waals surface area (Å²) in [5.41, 5.74) is 1.37. The van der Waals surface area contributed by atoms with Crippen LogP contribution in [0, 0.1) is 0 Å². The highest BCUT2D eigenvalue weighted by molar-refractivity contribution is 9.10. The molecule has 2 aromatic heterocycles. The Morgan fingerprint density at radius 3 is 3.00 bits per heavy atom. The number of amides is 1. The molecule has 7 nitrogen and oxygen atoms in total. The summed E-state index contributed by atoms with van der Waals surface area (Å²) >= 11 is 3.42. The molecule has 122 valence electrons. The third-order valence-corrected chi connectivity index (χ3v) is 4.81. The molecule has 1 atom stereocenters. The second-order valence-electron chi connectivity index (χ2n) is 5.71. The summed E-state index contributed by atoms with van der Waals surface area (Å²) in [6, 6.07) is 11.4. The van der Waals surface area contributed by atoms with Gasteiger partial charge in [-0.2, -0.15) is 4.52 Å². The Labute approximate surface area is 146 Å². The molecular formula is C16H15BrN6O. The summed E-state index contributed by atoms with van der Waals surface area (Å²) in [6.45, 7) is 1.58. The van der Waals surface area contributed by atoms with E-state index in [1.54, 1.807) is 10.8 Å². The summed E-state index contributed by atoms with van der Waals surface area (Å²) in [7, 11) is 0. The van der Waals surface area contributed by atoms with Gasteiger partial charge in [0.15, 0.2) is 5.65 Å². The molecule has 1 aliphatic rings. The Morgan fingerprint density at radius 1 is 1.25 bits per heavy atom. The molecule has 1 aromatic carbocycles. The van der Waals surface area contributed by atoms with Crippen LogP contribution in [-0.2, 0) is 0 Å².